The van der Waals surface area contributed by atoms with E-state index in [0.29, 0.717) is 13.1 Å². The quantitative estimate of drug-likeness (QED) is 0.854. The number of anilines is 1. The number of rotatable bonds is 3. The van der Waals surface area contributed by atoms with Crippen molar-refractivity contribution in [1.29, 1.82) is 0 Å². The van der Waals surface area contributed by atoms with Crippen LogP contribution in [-0.2, 0) is 14.6 Å². The van der Waals surface area contributed by atoms with E-state index in [4.69, 9.17) is 17.3 Å². The molecule has 0 saturated carbocycles. The average molecular weight is 303 g/mol. The van der Waals surface area contributed by atoms with Crippen molar-refractivity contribution in [3.05, 3.63) is 23.2 Å². The Balaban J connectivity index is 2.25. The lowest BCUT2D eigenvalue weighted by Gasteiger charge is -2.16. The molecule has 0 aliphatic carbocycles. The number of hydrogen-bond acceptors (Lipinski definition) is 4. The van der Waals surface area contributed by atoms with Crippen molar-refractivity contribution in [2.24, 2.45) is 0 Å². The molecule has 0 unspecified atom stereocenters. The molecule has 1 amide bonds. The van der Waals surface area contributed by atoms with Gasteiger partial charge >= 0.3 is 0 Å². The van der Waals surface area contributed by atoms with Crippen LogP contribution in [0.5, 0.6) is 0 Å². The number of likely N-dealkylation sites (tertiary alicyclic amines) is 1. The van der Waals surface area contributed by atoms with Crippen LogP contribution in [0.25, 0.3) is 0 Å². The Morgan fingerprint density at radius 2 is 1.95 bits per heavy atom. The van der Waals surface area contributed by atoms with E-state index in [1.54, 1.807) is 11.0 Å². The lowest BCUT2D eigenvalue weighted by atomic mass is 10.3. The fourth-order valence-corrected chi connectivity index (χ4v) is 4.13. The molecule has 1 aliphatic heterocycles. The zero-order valence-corrected chi connectivity index (χ0v) is 11.9. The van der Waals surface area contributed by atoms with Crippen molar-refractivity contribution in [1.82, 2.24) is 4.90 Å². The van der Waals surface area contributed by atoms with Crippen LogP contribution in [-0.4, -0.2) is 38.1 Å². The normalized spacial score (nSPS) is 15.7. The molecule has 2 N–H and O–H groups in total. The Kier molecular flexibility index (Phi) is 4.01. The Labute approximate surface area is 117 Å². The predicted molar refractivity (Wildman–Crippen MR) is 73.7 cm³/mol. The second-order valence-electron chi connectivity index (χ2n) is 4.51. The molecule has 0 aromatic heterocycles. The summed E-state index contributed by atoms with van der Waals surface area (Å²) in [5, 5.41) is 0.0502. The fourth-order valence-electron chi connectivity index (χ4n) is 2.15. The molecule has 1 aromatic rings. The van der Waals surface area contributed by atoms with Crippen LogP contribution < -0.4 is 5.73 Å². The van der Waals surface area contributed by atoms with E-state index in [1.165, 1.54) is 12.1 Å². The Morgan fingerprint density at radius 3 is 2.53 bits per heavy atom. The second kappa shape index (κ2) is 5.38. The van der Waals surface area contributed by atoms with Gasteiger partial charge in [-0.15, -0.1) is 0 Å². The maximum atomic E-state index is 12.2. The van der Waals surface area contributed by atoms with Gasteiger partial charge in [-0.05, 0) is 25.0 Å². The number of amides is 1. The highest BCUT2D eigenvalue weighted by Gasteiger charge is 2.28. The number of carbonyl (C=O) groups excluding carboxylic acids is 1. The zero-order chi connectivity index (χ0) is 14.0. The highest BCUT2D eigenvalue weighted by atomic mass is 35.5. The van der Waals surface area contributed by atoms with Gasteiger partial charge < -0.3 is 10.6 Å². The third-order valence-electron chi connectivity index (χ3n) is 3.08. The van der Waals surface area contributed by atoms with Gasteiger partial charge in [0.25, 0.3) is 0 Å². The molecule has 1 saturated heterocycles. The number of benzene rings is 1. The maximum absolute atomic E-state index is 12.2. The van der Waals surface area contributed by atoms with Crippen LogP contribution in [0.3, 0.4) is 0 Å². The van der Waals surface area contributed by atoms with Gasteiger partial charge in [-0.3, -0.25) is 4.79 Å². The Hall–Kier alpha value is -1.27. The Morgan fingerprint density at radius 1 is 1.32 bits per heavy atom. The fraction of sp³-hybridized carbons (Fsp3) is 0.417. The lowest BCUT2D eigenvalue weighted by molar-refractivity contribution is -0.127. The number of hydrogen-bond donors (Lipinski definition) is 1. The zero-order valence-electron chi connectivity index (χ0n) is 10.3. The molecule has 0 atom stereocenters. The minimum atomic E-state index is -3.81. The first-order chi connectivity index (χ1) is 8.92. The molecule has 0 spiro atoms. The number of sulfone groups is 1. The van der Waals surface area contributed by atoms with Crippen LogP contribution in [0.15, 0.2) is 23.1 Å². The van der Waals surface area contributed by atoms with E-state index >= 15 is 0 Å². The molecule has 104 valence electrons. The highest BCUT2D eigenvalue weighted by Crippen LogP contribution is 2.28. The van der Waals surface area contributed by atoms with Crippen LogP contribution in [0.1, 0.15) is 12.8 Å². The largest absolute Gasteiger partial charge is 0.398 e. The maximum Gasteiger partial charge on any atom is 0.238 e. The van der Waals surface area contributed by atoms with E-state index in [9.17, 15) is 13.2 Å². The first-order valence-corrected chi connectivity index (χ1v) is 7.99. The molecule has 1 aliphatic rings. The minimum absolute atomic E-state index is 0.0502. The van der Waals surface area contributed by atoms with E-state index in [2.05, 4.69) is 0 Å². The highest BCUT2D eigenvalue weighted by molar-refractivity contribution is 7.92. The minimum Gasteiger partial charge on any atom is -0.398 e. The summed E-state index contributed by atoms with van der Waals surface area (Å²) in [6, 6.07) is 4.48. The van der Waals surface area contributed by atoms with Crippen molar-refractivity contribution in [3.63, 3.8) is 0 Å². The summed E-state index contributed by atoms with van der Waals surface area (Å²) in [6.45, 7) is 1.23. The number of halogens is 1. The van der Waals surface area contributed by atoms with Crippen LogP contribution >= 0.6 is 11.6 Å². The van der Waals surface area contributed by atoms with Crippen molar-refractivity contribution >= 4 is 33.0 Å². The summed E-state index contributed by atoms with van der Waals surface area (Å²) >= 11 is 5.87. The van der Waals surface area contributed by atoms with E-state index < -0.39 is 21.5 Å². The molecule has 1 heterocycles. The topological polar surface area (TPSA) is 80.5 Å². The van der Waals surface area contributed by atoms with E-state index in [0.717, 1.165) is 12.8 Å². The molecular formula is C12H15ClN2O3S. The Bertz CT molecular complexity index is 575. The van der Waals surface area contributed by atoms with Crippen LogP contribution in [0.4, 0.5) is 5.69 Å². The van der Waals surface area contributed by atoms with Gasteiger partial charge in [0.05, 0.1) is 10.7 Å². The number of nitrogen functional groups attached to an aromatic ring is 1. The molecule has 1 fully saturated rings. The van der Waals surface area contributed by atoms with Gasteiger partial charge in [0.1, 0.15) is 10.6 Å². The summed E-state index contributed by atoms with van der Waals surface area (Å²) in [5.74, 6) is -0.974. The third-order valence-corrected chi connectivity index (χ3v) is 5.21. The van der Waals surface area contributed by atoms with Crippen LogP contribution in [0.2, 0.25) is 5.02 Å². The molecule has 0 radical (unpaired) electrons. The van der Waals surface area contributed by atoms with Crippen molar-refractivity contribution in [2.75, 3.05) is 24.6 Å². The number of nitrogens with two attached hydrogens (primary N) is 1. The monoisotopic (exact) mass is 302 g/mol. The molecular weight excluding hydrogens is 288 g/mol. The SMILES string of the molecule is Nc1cccc(Cl)c1S(=O)(=O)CC(=O)N1CCCC1. The van der Waals surface area contributed by atoms with Gasteiger partial charge in [-0.2, -0.15) is 0 Å². The van der Waals surface area contributed by atoms with Gasteiger partial charge in [-0.1, -0.05) is 17.7 Å². The standard InChI is InChI=1S/C12H15ClN2O3S/c13-9-4-3-5-10(14)12(9)19(17,18)8-11(16)15-6-1-2-7-15/h3-5H,1-2,6-8,14H2. The second-order valence-corrected chi connectivity index (χ2v) is 6.84. The molecule has 7 heteroatoms. The summed E-state index contributed by atoms with van der Waals surface area (Å²) < 4.78 is 24.5. The summed E-state index contributed by atoms with van der Waals surface area (Å²) in [5.41, 5.74) is 5.72. The predicted octanol–water partition coefficient (Wildman–Crippen LogP) is 1.32. The van der Waals surface area contributed by atoms with Gasteiger partial charge in [-0.25, -0.2) is 8.42 Å². The first-order valence-electron chi connectivity index (χ1n) is 5.96. The lowest BCUT2D eigenvalue weighted by Crippen LogP contribution is -2.33. The summed E-state index contributed by atoms with van der Waals surface area (Å²) in [7, 11) is -3.81. The average Bonchev–Trinajstić information content (AvgIpc) is 2.80. The van der Waals surface area contributed by atoms with Gasteiger partial charge in [0.2, 0.25) is 5.91 Å². The van der Waals surface area contributed by atoms with Gasteiger partial charge in [0.15, 0.2) is 9.84 Å². The molecule has 19 heavy (non-hydrogen) atoms. The van der Waals surface area contributed by atoms with E-state index in [-0.39, 0.29) is 15.6 Å². The summed E-state index contributed by atoms with van der Waals surface area (Å²) in [6.07, 6.45) is 1.83. The van der Waals surface area contributed by atoms with E-state index in [1.807, 2.05) is 0 Å². The molecule has 1 aromatic carbocycles. The molecule has 0 bridgehead atoms. The van der Waals surface area contributed by atoms with Crippen LogP contribution in [0, 0.1) is 0 Å². The molecule has 2 rings (SSSR count). The van der Waals surface area contributed by atoms with Crippen molar-refractivity contribution < 1.29 is 13.2 Å². The first kappa shape index (κ1) is 14.1. The number of nitrogens with zero attached hydrogens (tertiary/aromatic N) is 1. The number of carbonyl (C=O) groups is 1. The third kappa shape index (κ3) is 3.01. The van der Waals surface area contributed by atoms with Crippen molar-refractivity contribution in [2.45, 2.75) is 17.7 Å². The molecule has 5 nitrogen and oxygen atoms in total. The summed E-state index contributed by atoms with van der Waals surface area (Å²) in [4.78, 5) is 13.3. The van der Waals surface area contributed by atoms with Crippen molar-refractivity contribution in [3.8, 4) is 0 Å². The van der Waals surface area contributed by atoms with Gasteiger partial charge in [0, 0.05) is 13.1 Å². The smallest absolute Gasteiger partial charge is 0.238 e.